The van der Waals surface area contributed by atoms with Crippen LogP contribution in [0, 0.1) is 11.3 Å². The Kier molecular flexibility index (Phi) is 5.79. The summed E-state index contributed by atoms with van der Waals surface area (Å²) in [6, 6.07) is 1.59. The number of nitriles is 1. The molecule has 0 N–H and O–H groups in total. The van der Waals surface area contributed by atoms with E-state index < -0.39 is 24.1 Å². The smallest absolute Gasteiger partial charge is 0.373 e. The van der Waals surface area contributed by atoms with Crippen molar-refractivity contribution < 1.29 is 19.1 Å². The summed E-state index contributed by atoms with van der Waals surface area (Å²) in [6.07, 6.45) is 0.255. The molecule has 0 fully saturated rings. The lowest BCUT2D eigenvalue weighted by atomic mass is 10.5. The molecule has 14 heavy (non-hydrogen) atoms. The van der Waals surface area contributed by atoms with Crippen molar-refractivity contribution in [1.82, 2.24) is 0 Å². The molecule has 0 radical (unpaired) electrons. The Morgan fingerprint density at radius 1 is 1.50 bits per heavy atom. The van der Waals surface area contributed by atoms with E-state index in [4.69, 9.17) is 5.26 Å². The monoisotopic (exact) mass is 197 g/mol. The van der Waals surface area contributed by atoms with Gasteiger partial charge in [-0.05, 0) is 13.0 Å². The van der Waals surface area contributed by atoms with Crippen LogP contribution in [-0.4, -0.2) is 18.5 Å². The number of rotatable bonds is 5. The van der Waals surface area contributed by atoms with E-state index in [9.17, 15) is 9.59 Å². The third-order valence-electron chi connectivity index (χ3n) is 1.13. The molecule has 0 saturated heterocycles. The van der Waals surface area contributed by atoms with E-state index >= 15 is 0 Å². The number of carbonyl (C=O) groups is 2. The average molecular weight is 197 g/mol. The van der Waals surface area contributed by atoms with Gasteiger partial charge in [-0.3, -0.25) is 4.79 Å². The molecule has 0 bridgehead atoms. The van der Waals surface area contributed by atoms with Gasteiger partial charge in [0.05, 0.1) is 12.7 Å². The van der Waals surface area contributed by atoms with Gasteiger partial charge in [-0.2, -0.15) is 5.26 Å². The molecule has 0 rings (SSSR count). The molecule has 76 valence electrons. The Bertz CT molecular complexity index is 277. The van der Waals surface area contributed by atoms with Crippen molar-refractivity contribution in [3.63, 3.8) is 0 Å². The van der Waals surface area contributed by atoms with Crippen molar-refractivity contribution in [2.45, 2.75) is 19.8 Å². The van der Waals surface area contributed by atoms with Crippen LogP contribution in [0.5, 0.6) is 0 Å². The number of hydrogen-bond donors (Lipinski definition) is 0. The number of carbonyl (C=O) groups excluding carboxylic acids is 2. The summed E-state index contributed by atoms with van der Waals surface area (Å²) >= 11 is 0. The van der Waals surface area contributed by atoms with Crippen LogP contribution >= 0.6 is 0 Å². The first kappa shape index (κ1) is 12.2. The molecule has 0 spiro atoms. The van der Waals surface area contributed by atoms with Crippen LogP contribution in [0.15, 0.2) is 12.3 Å². The van der Waals surface area contributed by atoms with E-state index in [1.54, 1.807) is 6.07 Å². The van der Waals surface area contributed by atoms with Crippen LogP contribution in [0.1, 0.15) is 19.8 Å². The van der Waals surface area contributed by atoms with E-state index in [0.29, 0.717) is 6.42 Å². The third-order valence-corrected chi connectivity index (χ3v) is 1.13. The molecule has 0 aliphatic rings. The maximum Gasteiger partial charge on any atom is 0.373 e. The highest BCUT2D eigenvalue weighted by Gasteiger charge is 2.13. The Morgan fingerprint density at radius 3 is 2.64 bits per heavy atom. The molecule has 0 unspecified atom stereocenters. The number of esters is 2. The summed E-state index contributed by atoms with van der Waals surface area (Å²) in [5, 5.41) is 8.13. The third kappa shape index (κ3) is 4.93. The van der Waals surface area contributed by atoms with E-state index in [0.717, 1.165) is 0 Å². The van der Waals surface area contributed by atoms with Crippen LogP contribution in [0.3, 0.4) is 0 Å². The Labute approximate surface area is 81.9 Å². The lowest BCUT2D eigenvalue weighted by molar-refractivity contribution is -0.150. The summed E-state index contributed by atoms with van der Waals surface area (Å²) in [4.78, 5) is 21.7. The van der Waals surface area contributed by atoms with Gasteiger partial charge in [0.1, 0.15) is 6.42 Å². The van der Waals surface area contributed by atoms with Gasteiger partial charge in [0.2, 0.25) is 5.76 Å². The predicted octanol–water partition coefficient (Wildman–Crippen LogP) is 0.910. The van der Waals surface area contributed by atoms with Crippen molar-refractivity contribution in [3.05, 3.63) is 12.3 Å². The van der Waals surface area contributed by atoms with E-state index in [2.05, 4.69) is 16.1 Å². The summed E-state index contributed by atoms with van der Waals surface area (Å²) in [7, 11) is 0. The van der Waals surface area contributed by atoms with Gasteiger partial charge in [0.25, 0.3) is 0 Å². The minimum Gasteiger partial charge on any atom is -0.460 e. The molecule has 0 aromatic carbocycles. The molecule has 0 amide bonds. The molecule has 0 aromatic heterocycles. The summed E-state index contributed by atoms with van der Waals surface area (Å²) < 4.78 is 9.05. The highest BCUT2D eigenvalue weighted by Crippen LogP contribution is 2.00. The highest BCUT2D eigenvalue weighted by atomic mass is 16.6. The van der Waals surface area contributed by atoms with Gasteiger partial charge < -0.3 is 9.47 Å². The molecule has 0 aliphatic carbocycles. The van der Waals surface area contributed by atoms with Crippen LogP contribution in [0.4, 0.5) is 0 Å². The van der Waals surface area contributed by atoms with Crippen molar-refractivity contribution in [3.8, 4) is 6.07 Å². The van der Waals surface area contributed by atoms with Crippen LogP contribution in [0.2, 0.25) is 0 Å². The quantitative estimate of drug-likeness (QED) is 0.372. The lowest BCUT2D eigenvalue weighted by Gasteiger charge is -2.04. The van der Waals surface area contributed by atoms with Crippen molar-refractivity contribution in [2.24, 2.45) is 0 Å². The van der Waals surface area contributed by atoms with Gasteiger partial charge >= 0.3 is 11.9 Å². The SMILES string of the molecule is C=C(OC(=O)CC#N)C(=O)OCCC. The molecule has 0 aliphatic heterocycles. The van der Waals surface area contributed by atoms with E-state index in [1.807, 2.05) is 6.92 Å². The molecular weight excluding hydrogens is 186 g/mol. The Balaban J connectivity index is 3.90. The second-order valence-electron chi connectivity index (χ2n) is 2.37. The minimum absolute atomic E-state index is 0.244. The Hall–Kier alpha value is -1.83. The number of nitrogens with zero attached hydrogens (tertiary/aromatic N) is 1. The zero-order valence-corrected chi connectivity index (χ0v) is 7.91. The fourth-order valence-electron chi connectivity index (χ4n) is 0.555. The maximum atomic E-state index is 11.0. The van der Waals surface area contributed by atoms with Crippen molar-refractivity contribution in [2.75, 3.05) is 6.61 Å². The van der Waals surface area contributed by atoms with E-state index in [1.165, 1.54) is 0 Å². The lowest BCUT2D eigenvalue weighted by Crippen LogP contribution is -2.13. The molecule has 5 heteroatoms. The fourth-order valence-corrected chi connectivity index (χ4v) is 0.555. The normalized spacial score (nSPS) is 8.57. The van der Waals surface area contributed by atoms with E-state index in [-0.39, 0.29) is 6.61 Å². The topological polar surface area (TPSA) is 76.4 Å². The molecule has 0 saturated carbocycles. The van der Waals surface area contributed by atoms with Crippen molar-refractivity contribution >= 4 is 11.9 Å². The largest absolute Gasteiger partial charge is 0.460 e. The molecule has 0 atom stereocenters. The molecule has 5 nitrogen and oxygen atoms in total. The summed E-state index contributed by atoms with van der Waals surface area (Å²) in [5.74, 6) is -1.98. The first-order valence-electron chi connectivity index (χ1n) is 4.05. The first-order chi connectivity index (χ1) is 6.61. The Morgan fingerprint density at radius 2 is 2.14 bits per heavy atom. The standard InChI is InChI=1S/C9H11NO4/c1-3-6-13-9(12)7(2)14-8(11)4-5-10/h2-4,6H2,1H3. The average Bonchev–Trinajstić information content (AvgIpc) is 2.14. The summed E-state index contributed by atoms with van der Waals surface area (Å²) in [5.41, 5.74) is 0. The second kappa shape index (κ2) is 6.66. The maximum absolute atomic E-state index is 11.0. The predicted molar refractivity (Wildman–Crippen MR) is 46.7 cm³/mol. The molecule has 0 aromatic rings. The zero-order chi connectivity index (χ0) is 11.0. The van der Waals surface area contributed by atoms with Crippen molar-refractivity contribution in [1.29, 1.82) is 5.26 Å². The van der Waals surface area contributed by atoms with Crippen LogP contribution < -0.4 is 0 Å². The highest BCUT2D eigenvalue weighted by molar-refractivity contribution is 5.89. The van der Waals surface area contributed by atoms with Gasteiger partial charge in [-0.15, -0.1) is 0 Å². The van der Waals surface area contributed by atoms with Crippen LogP contribution in [-0.2, 0) is 19.1 Å². The minimum atomic E-state index is -0.814. The summed E-state index contributed by atoms with van der Waals surface area (Å²) in [6.45, 7) is 5.28. The molecule has 0 heterocycles. The second-order valence-corrected chi connectivity index (χ2v) is 2.37. The van der Waals surface area contributed by atoms with Gasteiger partial charge in [0, 0.05) is 0 Å². The van der Waals surface area contributed by atoms with Gasteiger partial charge in [0.15, 0.2) is 0 Å². The number of ether oxygens (including phenoxy) is 2. The zero-order valence-electron chi connectivity index (χ0n) is 7.91. The fraction of sp³-hybridized carbons (Fsp3) is 0.444. The van der Waals surface area contributed by atoms with Gasteiger partial charge in [-0.25, -0.2) is 4.79 Å². The first-order valence-corrected chi connectivity index (χ1v) is 4.05. The number of hydrogen-bond acceptors (Lipinski definition) is 5. The van der Waals surface area contributed by atoms with Crippen LogP contribution in [0.25, 0.3) is 0 Å². The van der Waals surface area contributed by atoms with Gasteiger partial charge in [-0.1, -0.05) is 6.92 Å². The molecular formula is C9H11NO4.